The topological polar surface area (TPSA) is 38.2 Å². The third-order valence-corrected chi connectivity index (χ3v) is 4.48. The van der Waals surface area contributed by atoms with Crippen LogP contribution >= 0.6 is 11.6 Å². The zero-order valence-corrected chi connectivity index (χ0v) is 14.5. The maximum Gasteiger partial charge on any atom is 0.451 e. The van der Waals surface area contributed by atoms with Gasteiger partial charge in [-0.05, 0) is 31.5 Å². The maximum absolute atomic E-state index is 13.0. The average molecular weight is 372 g/mol. The fourth-order valence-electron chi connectivity index (χ4n) is 2.77. The summed E-state index contributed by atoms with van der Waals surface area (Å²) in [5, 5.41) is 0.619. The second-order valence-corrected chi connectivity index (χ2v) is 6.37. The van der Waals surface area contributed by atoms with Crippen LogP contribution in [0.3, 0.4) is 0 Å². The molecule has 1 aliphatic rings. The van der Waals surface area contributed by atoms with Crippen molar-refractivity contribution in [1.82, 2.24) is 9.97 Å². The number of alkyl halides is 3. The third-order valence-electron chi connectivity index (χ3n) is 4.22. The lowest BCUT2D eigenvalue weighted by Gasteiger charge is -2.35. The lowest BCUT2D eigenvalue weighted by atomic mass is 10.1. The van der Waals surface area contributed by atoms with Crippen molar-refractivity contribution < 1.29 is 17.9 Å². The van der Waals surface area contributed by atoms with Crippen molar-refractivity contribution in [2.24, 2.45) is 0 Å². The van der Waals surface area contributed by atoms with Gasteiger partial charge in [0.15, 0.2) is 0 Å². The van der Waals surface area contributed by atoms with Gasteiger partial charge in [0.1, 0.15) is 11.9 Å². The molecule has 1 aromatic carbocycles. The molecule has 1 saturated heterocycles. The van der Waals surface area contributed by atoms with Crippen molar-refractivity contribution in [2.75, 3.05) is 24.6 Å². The fraction of sp³-hybridized carbons (Fsp3) is 0.412. The number of benzene rings is 1. The second kappa shape index (κ2) is 6.80. The minimum Gasteiger partial charge on any atom is -0.370 e. The summed E-state index contributed by atoms with van der Waals surface area (Å²) < 4.78 is 44.9. The lowest BCUT2D eigenvalue weighted by Crippen LogP contribution is -2.39. The number of hydrogen-bond acceptors (Lipinski definition) is 4. The Hall–Kier alpha value is -1.86. The third kappa shape index (κ3) is 3.88. The van der Waals surface area contributed by atoms with E-state index >= 15 is 0 Å². The Balaban J connectivity index is 1.91. The predicted octanol–water partition coefficient (Wildman–Crippen LogP) is 4.34. The number of aryl methyl sites for hydroxylation is 1. The van der Waals surface area contributed by atoms with Gasteiger partial charge in [-0.25, -0.2) is 9.97 Å². The van der Waals surface area contributed by atoms with Crippen LogP contribution in [0.2, 0.25) is 5.02 Å². The minimum absolute atomic E-state index is 0.255. The zero-order chi connectivity index (χ0) is 18.2. The van der Waals surface area contributed by atoms with Crippen LogP contribution in [-0.2, 0) is 10.9 Å². The van der Waals surface area contributed by atoms with Gasteiger partial charge in [-0.15, -0.1) is 0 Å². The molecule has 4 nitrogen and oxygen atoms in total. The fourth-order valence-corrected chi connectivity index (χ4v) is 2.90. The van der Waals surface area contributed by atoms with Gasteiger partial charge < -0.3 is 9.64 Å². The molecular weight excluding hydrogens is 355 g/mol. The summed E-state index contributed by atoms with van der Waals surface area (Å²) in [6, 6.07) is 7.24. The molecule has 0 bridgehead atoms. The summed E-state index contributed by atoms with van der Waals surface area (Å²) in [5.74, 6) is -0.803. The van der Waals surface area contributed by atoms with Crippen LogP contribution in [0.1, 0.15) is 28.7 Å². The van der Waals surface area contributed by atoms with Gasteiger partial charge in [-0.2, -0.15) is 13.2 Å². The van der Waals surface area contributed by atoms with Gasteiger partial charge in [0, 0.05) is 29.4 Å². The molecule has 1 aromatic heterocycles. The highest BCUT2D eigenvalue weighted by atomic mass is 35.5. The van der Waals surface area contributed by atoms with Crippen molar-refractivity contribution in [3.05, 3.63) is 51.9 Å². The Labute approximate surface area is 148 Å². The van der Waals surface area contributed by atoms with E-state index in [2.05, 4.69) is 9.97 Å². The average Bonchev–Trinajstić information content (AvgIpc) is 2.57. The van der Waals surface area contributed by atoms with E-state index in [-0.39, 0.29) is 6.10 Å². The first-order chi connectivity index (χ1) is 11.8. The summed E-state index contributed by atoms with van der Waals surface area (Å²) in [7, 11) is 0. The van der Waals surface area contributed by atoms with E-state index in [1.165, 1.54) is 0 Å². The van der Waals surface area contributed by atoms with Gasteiger partial charge in [-0.3, -0.25) is 0 Å². The molecule has 0 N–H and O–H groups in total. The first-order valence-corrected chi connectivity index (χ1v) is 8.18. The normalized spacial score (nSPS) is 18.5. The van der Waals surface area contributed by atoms with E-state index < -0.39 is 12.0 Å². The molecule has 0 saturated carbocycles. The van der Waals surface area contributed by atoms with Gasteiger partial charge in [0.2, 0.25) is 5.82 Å². The van der Waals surface area contributed by atoms with Crippen molar-refractivity contribution in [1.29, 1.82) is 0 Å². The van der Waals surface area contributed by atoms with Gasteiger partial charge in [0.05, 0.1) is 6.61 Å². The number of nitrogens with zero attached hydrogens (tertiary/aromatic N) is 3. The van der Waals surface area contributed by atoms with Crippen LogP contribution in [-0.4, -0.2) is 29.7 Å². The van der Waals surface area contributed by atoms with Gasteiger partial charge >= 0.3 is 6.18 Å². The first-order valence-electron chi connectivity index (χ1n) is 7.80. The molecule has 2 heterocycles. The molecule has 2 aromatic rings. The SMILES string of the molecule is Cc1nc(C(F)(F)F)nc(N2CCO[C@@H](c3ccc(Cl)cc3)C2)c1C. The van der Waals surface area contributed by atoms with E-state index in [9.17, 15) is 13.2 Å². The molecule has 0 aliphatic carbocycles. The molecule has 3 rings (SSSR count). The van der Waals surface area contributed by atoms with Gasteiger partial charge in [-0.1, -0.05) is 23.7 Å². The number of aromatic nitrogens is 2. The smallest absolute Gasteiger partial charge is 0.370 e. The van der Waals surface area contributed by atoms with E-state index in [0.29, 0.717) is 41.8 Å². The van der Waals surface area contributed by atoms with Crippen molar-refractivity contribution in [2.45, 2.75) is 26.1 Å². The van der Waals surface area contributed by atoms with Crippen LogP contribution in [0.15, 0.2) is 24.3 Å². The van der Waals surface area contributed by atoms with Crippen molar-refractivity contribution >= 4 is 17.4 Å². The molecular formula is C17H17ClF3N3O. The van der Waals surface area contributed by atoms with Gasteiger partial charge in [0.25, 0.3) is 0 Å². The van der Waals surface area contributed by atoms with Crippen LogP contribution in [0.5, 0.6) is 0 Å². The summed E-state index contributed by atoms with van der Waals surface area (Å²) in [5.41, 5.74) is 1.89. The largest absolute Gasteiger partial charge is 0.451 e. The Morgan fingerprint density at radius 2 is 1.84 bits per heavy atom. The molecule has 1 atom stereocenters. The molecule has 0 unspecified atom stereocenters. The monoisotopic (exact) mass is 371 g/mol. The molecule has 0 spiro atoms. The molecule has 134 valence electrons. The van der Waals surface area contributed by atoms with E-state index in [1.54, 1.807) is 26.0 Å². The lowest BCUT2D eigenvalue weighted by molar-refractivity contribution is -0.145. The molecule has 1 aliphatic heterocycles. The quantitative estimate of drug-likeness (QED) is 0.787. The molecule has 25 heavy (non-hydrogen) atoms. The van der Waals surface area contributed by atoms with E-state index in [4.69, 9.17) is 16.3 Å². The highest BCUT2D eigenvalue weighted by Crippen LogP contribution is 2.32. The predicted molar refractivity (Wildman–Crippen MR) is 88.9 cm³/mol. The Morgan fingerprint density at radius 1 is 1.16 bits per heavy atom. The summed E-state index contributed by atoms with van der Waals surface area (Å²) in [6.45, 7) is 4.58. The molecule has 1 fully saturated rings. The second-order valence-electron chi connectivity index (χ2n) is 5.94. The van der Waals surface area contributed by atoms with Crippen molar-refractivity contribution in [3.8, 4) is 0 Å². The standard InChI is InChI=1S/C17H17ClF3N3O/c1-10-11(2)22-16(17(19,20)21)23-15(10)24-7-8-25-14(9-24)12-3-5-13(18)6-4-12/h3-6,14H,7-9H2,1-2H3/t14-/m1/s1. The molecule has 8 heteroatoms. The van der Waals surface area contributed by atoms with Crippen LogP contribution in [0, 0.1) is 13.8 Å². The summed E-state index contributed by atoms with van der Waals surface area (Å²) in [6.07, 6.45) is -4.83. The van der Waals surface area contributed by atoms with E-state index in [1.807, 2.05) is 17.0 Å². The van der Waals surface area contributed by atoms with Crippen molar-refractivity contribution in [3.63, 3.8) is 0 Å². The first kappa shape index (κ1) is 17.9. The minimum atomic E-state index is -4.57. The van der Waals surface area contributed by atoms with Crippen LogP contribution < -0.4 is 4.90 Å². The molecule has 0 amide bonds. The summed E-state index contributed by atoms with van der Waals surface area (Å²) in [4.78, 5) is 9.18. The Bertz CT molecular complexity index is 765. The highest BCUT2D eigenvalue weighted by molar-refractivity contribution is 6.30. The van der Waals surface area contributed by atoms with Crippen LogP contribution in [0.4, 0.5) is 19.0 Å². The number of halogens is 4. The number of ether oxygens (including phenoxy) is 1. The van der Waals surface area contributed by atoms with E-state index in [0.717, 1.165) is 5.56 Å². The number of rotatable bonds is 2. The van der Waals surface area contributed by atoms with Crippen LogP contribution in [0.25, 0.3) is 0 Å². The summed E-state index contributed by atoms with van der Waals surface area (Å²) >= 11 is 5.90. The number of morpholine rings is 1. The number of anilines is 1. The maximum atomic E-state index is 13.0. The highest BCUT2D eigenvalue weighted by Gasteiger charge is 2.36. The number of hydrogen-bond donors (Lipinski definition) is 0. The molecule has 0 radical (unpaired) electrons. The Morgan fingerprint density at radius 3 is 2.48 bits per heavy atom. The Kier molecular flexibility index (Phi) is 4.88. The zero-order valence-electron chi connectivity index (χ0n) is 13.8.